The van der Waals surface area contributed by atoms with Crippen molar-refractivity contribution < 1.29 is 17.9 Å². The van der Waals surface area contributed by atoms with Crippen molar-refractivity contribution in [3.05, 3.63) is 89.5 Å². The van der Waals surface area contributed by atoms with E-state index in [0.717, 1.165) is 29.7 Å². The standard InChI is InChI=1S/C24H26N2O4S/c1-18-7-3-4-11-23(18)26-31(28,29)22-10-5-9-20(17-22)24(27)25-16-6-8-19-12-14-21(30-2)15-13-19/h3-5,7,9-15,17,26H,6,8,16H2,1-2H3,(H,25,27). The van der Waals surface area contributed by atoms with Crippen LogP contribution in [0.5, 0.6) is 5.75 Å². The molecule has 0 aliphatic rings. The molecule has 6 nitrogen and oxygen atoms in total. The van der Waals surface area contributed by atoms with Gasteiger partial charge in [-0.1, -0.05) is 36.4 Å². The number of benzene rings is 3. The van der Waals surface area contributed by atoms with E-state index in [1.165, 1.54) is 12.1 Å². The molecule has 0 unspecified atom stereocenters. The molecule has 0 aliphatic carbocycles. The van der Waals surface area contributed by atoms with Crippen molar-refractivity contribution in [3.8, 4) is 5.75 Å². The number of hydrogen-bond acceptors (Lipinski definition) is 4. The van der Waals surface area contributed by atoms with Crippen LogP contribution in [0.25, 0.3) is 0 Å². The Morgan fingerprint density at radius 2 is 1.71 bits per heavy atom. The molecule has 3 aromatic carbocycles. The Bertz CT molecular complexity index is 1140. The van der Waals surface area contributed by atoms with Gasteiger partial charge in [-0.2, -0.15) is 0 Å². The highest BCUT2D eigenvalue weighted by Gasteiger charge is 2.17. The first kappa shape index (κ1) is 22.4. The monoisotopic (exact) mass is 438 g/mol. The van der Waals surface area contributed by atoms with E-state index < -0.39 is 10.0 Å². The van der Waals surface area contributed by atoms with Crippen LogP contribution in [0.4, 0.5) is 5.69 Å². The van der Waals surface area contributed by atoms with Crippen LogP contribution in [0.2, 0.25) is 0 Å². The van der Waals surface area contributed by atoms with Crippen LogP contribution in [0.3, 0.4) is 0 Å². The van der Waals surface area contributed by atoms with Crippen LogP contribution in [-0.2, 0) is 16.4 Å². The second-order valence-corrected chi connectivity index (χ2v) is 8.84. The van der Waals surface area contributed by atoms with E-state index in [4.69, 9.17) is 4.74 Å². The largest absolute Gasteiger partial charge is 0.497 e. The van der Waals surface area contributed by atoms with Gasteiger partial charge in [0, 0.05) is 12.1 Å². The average molecular weight is 439 g/mol. The second-order valence-electron chi connectivity index (χ2n) is 7.16. The van der Waals surface area contributed by atoms with Gasteiger partial charge in [0.15, 0.2) is 0 Å². The number of methoxy groups -OCH3 is 1. The molecule has 1 amide bonds. The predicted octanol–water partition coefficient (Wildman–Crippen LogP) is 4.17. The van der Waals surface area contributed by atoms with Gasteiger partial charge in [-0.25, -0.2) is 8.42 Å². The zero-order valence-corrected chi connectivity index (χ0v) is 18.4. The molecule has 162 valence electrons. The molecule has 2 N–H and O–H groups in total. The molecule has 0 bridgehead atoms. The second kappa shape index (κ2) is 10.1. The van der Waals surface area contributed by atoms with Gasteiger partial charge in [-0.15, -0.1) is 0 Å². The lowest BCUT2D eigenvalue weighted by molar-refractivity contribution is 0.0953. The van der Waals surface area contributed by atoms with Crippen molar-refractivity contribution in [3.63, 3.8) is 0 Å². The van der Waals surface area contributed by atoms with Crippen molar-refractivity contribution in [2.75, 3.05) is 18.4 Å². The Morgan fingerprint density at radius 3 is 2.42 bits per heavy atom. The van der Waals surface area contributed by atoms with E-state index >= 15 is 0 Å². The minimum atomic E-state index is -3.80. The first-order valence-electron chi connectivity index (χ1n) is 9.99. The van der Waals surface area contributed by atoms with Crippen molar-refractivity contribution in [2.24, 2.45) is 0 Å². The highest BCUT2D eigenvalue weighted by molar-refractivity contribution is 7.92. The van der Waals surface area contributed by atoms with Crippen LogP contribution in [0.15, 0.2) is 77.7 Å². The first-order chi connectivity index (χ1) is 14.9. The zero-order valence-electron chi connectivity index (χ0n) is 17.6. The molecule has 0 fully saturated rings. The summed E-state index contributed by atoms with van der Waals surface area (Å²) in [5.41, 5.74) is 2.79. The number of anilines is 1. The first-order valence-corrected chi connectivity index (χ1v) is 11.5. The summed E-state index contributed by atoms with van der Waals surface area (Å²) in [6.07, 6.45) is 1.59. The number of rotatable bonds is 9. The Balaban J connectivity index is 1.58. The number of sulfonamides is 1. The van der Waals surface area contributed by atoms with Gasteiger partial charge in [-0.3, -0.25) is 9.52 Å². The Labute approximate surface area is 183 Å². The van der Waals surface area contributed by atoms with Crippen molar-refractivity contribution in [2.45, 2.75) is 24.7 Å². The number of carbonyl (C=O) groups is 1. The van der Waals surface area contributed by atoms with Crippen LogP contribution in [-0.4, -0.2) is 28.0 Å². The predicted molar refractivity (Wildman–Crippen MR) is 122 cm³/mol. The summed E-state index contributed by atoms with van der Waals surface area (Å²) in [5.74, 6) is 0.506. The molecule has 31 heavy (non-hydrogen) atoms. The van der Waals surface area contributed by atoms with E-state index in [9.17, 15) is 13.2 Å². The summed E-state index contributed by atoms with van der Waals surface area (Å²) in [4.78, 5) is 12.5. The fraction of sp³-hybridized carbons (Fsp3) is 0.208. The van der Waals surface area contributed by atoms with Gasteiger partial charge in [0.25, 0.3) is 15.9 Å². The third kappa shape index (κ3) is 6.08. The van der Waals surface area contributed by atoms with Crippen molar-refractivity contribution in [1.29, 1.82) is 0 Å². The summed E-state index contributed by atoms with van der Waals surface area (Å²) in [7, 11) is -2.17. The maximum atomic E-state index is 12.7. The molecule has 3 aromatic rings. The molecule has 0 radical (unpaired) electrons. The normalized spacial score (nSPS) is 11.0. The number of amides is 1. The third-order valence-electron chi connectivity index (χ3n) is 4.88. The number of ether oxygens (including phenoxy) is 1. The van der Waals surface area contributed by atoms with E-state index in [2.05, 4.69) is 10.0 Å². The van der Waals surface area contributed by atoms with Crippen molar-refractivity contribution in [1.82, 2.24) is 5.32 Å². The SMILES string of the molecule is COc1ccc(CCCNC(=O)c2cccc(S(=O)(=O)Nc3ccccc3C)c2)cc1. The highest BCUT2D eigenvalue weighted by atomic mass is 32.2. The summed E-state index contributed by atoms with van der Waals surface area (Å²) in [5, 5.41) is 2.85. The average Bonchev–Trinajstić information content (AvgIpc) is 2.78. The van der Waals surface area contributed by atoms with Gasteiger partial charge in [-0.05, 0) is 67.3 Å². The fourth-order valence-corrected chi connectivity index (χ4v) is 4.26. The molecular formula is C24H26N2O4S. The minimum Gasteiger partial charge on any atom is -0.497 e. The van der Waals surface area contributed by atoms with Gasteiger partial charge >= 0.3 is 0 Å². The van der Waals surface area contributed by atoms with E-state index in [1.54, 1.807) is 31.4 Å². The fourth-order valence-electron chi connectivity index (χ4n) is 3.08. The maximum Gasteiger partial charge on any atom is 0.261 e. The van der Waals surface area contributed by atoms with E-state index in [-0.39, 0.29) is 10.8 Å². The zero-order chi connectivity index (χ0) is 22.3. The molecule has 0 atom stereocenters. The van der Waals surface area contributed by atoms with Crippen LogP contribution in [0.1, 0.15) is 27.9 Å². The highest BCUT2D eigenvalue weighted by Crippen LogP contribution is 2.20. The van der Waals surface area contributed by atoms with Gasteiger partial charge in [0.05, 0.1) is 17.7 Å². The van der Waals surface area contributed by atoms with Crippen LogP contribution >= 0.6 is 0 Å². The summed E-state index contributed by atoms with van der Waals surface area (Å²) in [6.45, 7) is 2.32. The molecule has 7 heteroatoms. The Hall–Kier alpha value is -3.32. The van der Waals surface area contributed by atoms with E-state index in [0.29, 0.717) is 17.8 Å². The Kier molecular flexibility index (Phi) is 7.31. The molecule has 0 spiro atoms. The minimum absolute atomic E-state index is 0.0432. The Morgan fingerprint density at radius 1 is 0.968 bits per heavy atom. The topological polar surface area (TPSA) is 84.5 Å². The lowest BCUT2D eigenvalue weighted by Crippen LogP contribution is -2.25. The van der Waals surface area contributed by atoms with Gasteiger partial charge in [0.2, 0.25) is 0 Å². The third-order valence-corrected chi connectivity index (χ3v) is 6.25. The summed E-state index contributed by atoms with van der Waals surface area (Å²) < 4.78 is 33.2. The van der Waals surface area contributed by atoms with Crippen LogP contribution in [0, 0.1) is 6.92 Å². The molecule has 0 aromatic heterocycles. The number of hydrogen-bond donors (Lipinski definition) is 2. The molecule has 0 saturated heterocycles. The van der Waals surface area contributed by atoms with E-state index in [1.807, 2.05) is 43.3 Å². The molecule has 0 saturated carbocycles. The molecule has 0 aliphatic heterocycles. The molecular weight excluding hydrogens is 412 g/mol. The van der Waals surface area contributed by atoms with Gasteiger partial charge < -0.3 is 10.1 Å². The maximum absolute atomic E-state index is 12.7. The number of para-hydroxylation sites is 1. The molecule has 0 heterocycles. The van der Waals surface area contributed by atoms with Gasteiger partial charge in [0.1, 0.15) is 5.75 Å². The summed E-state index contributed by atoms with van der Waals surface area (Å²) in [6, 6.07) is 21.0. The summed E-state index contributed by atoms with van der Waals surface area (Å²) >= 11 is 0. The molecule has 3 rings (SSSR count). The quantitative estimate of drug-likeness (QED) is 0.491. The number of nitrogens with one attached hydrogen (secondary N) is 2. The smallest absolute Gasteiger partial charge is 0.261 e. The lowest BCUT2D eigenvalue weighted by Gasteiger charge is -2.11. The number of aryl methyl sites for hydroxylation is 2. The van der Waals surface area contributed by atoms with Crippen molar-refractivity contribution >= 4 is 21.6 Å². The number of carbonyl (C=O) groups excluding carboxylic acids is 1. The lowest BCUT2D eigenvalue weighted by atomic mass is 10.1. The van der Waals surface area contributed by atoms with Crippen LogP contribution < -0.4 is 14.8 Å².